The van der Waals surface area contributed by atoms with Crippen LogP contribution in [0.4, 0.5) is 0 Å². The molecule has 0 spiro atoms. The highest BCUT2D eigenvalue weighted by molar-refractivity contribution is 7.71. The van der Waals surface area contributed by atoms with Crippen LogP contribution in [0.3, 0.4) is 0 Å². The van der Waals surface area contributed by atoms with Crippen LogP contribution in [-0.4, -0.2) is 45.8 Å². The topological polar surface area (TPSA) is 101 Å². The molecule has 0 radical (unpaired) electrons. The molecule has 8 nitrogen and oxygen atoms in total. The van der Waals surface area contributed by atoms with E-state index in [1.807, 2.05) is 45.0 Å². The summed E-state index contributed by atoms with van der Waals surface area (Å²) in [5.74, 6) is 0.922. The van der Waals surface area contributed by atoms with E-state index in [9.17, 15) is 9.59 Å². The van der Waals surface area contributed by atoms with Crippen molar-refractivity contribution < 1.29 is 14.3 Å². The second-order valence-corrected chi connectivity index (χ2v) is 7.44. The third kappa shape index (κ3) is 6.21. The van der Waals surface area contributed by atoms with E-state index >= 15 is 0 Å². The lowest BCUT2D eigenvalue weighted by Gasteiger charge is -2.20. The maximum atomic E-state index is 12.1. The van der Waals surface area contributed by atoms with Gasteiger partial charge in [0.25, 0.3) is 0 Å². The number of nitrogens with one attached hydrogen (secondary N) is 3. The molecule has 2 amide bonds. The monoisotopic (exact) mass is 391 g/mol. The first-order valence-corrected chi connectivity index (χ1v) is 8.98. The normalized spacial score (nSPS) is 11.1. The summed E-state index contributed by atoms with van der Waals surface area (Å²) >= 11 is 5.26. The van der Waals surface area contributed by atoms with Crippen molar-refractivity contribution in [2.75, 3.05) is 13.7 Å². The molecule has 1 heterocycles. The molecule has 27 heavy (non-hydrogen) atoms. The quantitative estimate of drug-likeness (QED) is 0.627. The van der Waals surface area contributed by atoms with Crippen molar-refractivity contribution in [1.82, 2.24) is 25.4 Å². The molecule has 0 aliphatic carbocycles. The molecule has 0 bridgehead atoms. The number of nitrogens with zero attached hydrogens (tertiary/aromatic N) is 2. The van der Waals surface area contributed by atoms with Crippen molar-refractivity contribution in [3.05, 3.63) is 29.0 Å². The number of rotatable bonds is 7. The van der Waals surface area contributed by atoms with Crippen LogP contribution in [0.5, 0.6) is 5.75 Å². The Morgan fingerprint density at radius 2 is 1.89 bits per heavy atom. The minimum atomic E-state index is -0.334. The van der Waals surface area contributed by atoms with Gasteiger partial charge in [-0.2, -0.15) is 5.10 Å². The average molecular weight is 391 g/mol. The van der Waals surface area contributed by atoms with Crippen LogP contribution < -0.4 is 15.4 Å². The Balaban J connectivity index is 1.96. The molecule has 2 rings (SSSR count). The van der Waals surface area contributed by atoms with Crippen LogP contribution in [0.15, 0.2) is 24.3 Å². The zero-order valence-corrected chi connectivity index (χ0v) is 16.8. The highest BCUT2D eigenvalue weighted by Gasteiger charge is 2.15. The smallest absolute Gasteiger partial charge is 0.239 e. The van der Waals surface area contributed by atoms with Gasteiger partial charge in [0.1, 0.15) is 5.75 Å². The van der Waals surface area contributed by atoms with E-state index in [0.717, 1.165) is 11.3 Å². The summed E-state index contributed by atoms with van der Waals surface area (Å²) in [4.78, 5) is 23.8. The second-order valence-electron chi connectivity index (χ2n) is 7.06. The van der Waals surface area contributed by atoms with E-state index in [4.69, 9.17) is 17.0 Å². The summed E-state index contributed by atoms with van der Waals surface area (Å²) in [7, 11) is 1.60. The van der Waals surface area contributed by atoms with E-state index in [2.05, 4.69) is 20.8 Å². The van der Waals surface area contributed by atoms with Crippen molar-refractivity contribution in [2.45, 2.75) is 39.3 Å². The van der Waals surface area contributed by atoms with E-state index in [-0.39, 0.29) is 30.3 Å². The fourth-order valence-corrected chi connectivity index (χ4v) is 2.65. The van der Waals surface area contributed by atoms with Gasteiger partial charge in [0.05, 0.1) is 13.7 Å². The van der Waals surface area contributed by atoms with E-state index < -0.39 is 0 Å². The van der Waals surface area contributed by atoms with Gasteiger partial charge in [0.2, 0.25) is 11.8 Å². The number of carbonyl (C=O) groups excluding carboxylic acids is 2. The minimum Gasteiger partial charge on any atom is -0.497 e. The highest BCUT2D eigenvalue weighted by atomic mass is 32.1. The molecule has 1 aromatic heterocycles. The first-order chi connectivity index (χ1) is 12.7. The van der Waals surface area contributed by atoms with Crippen molar-refractivity contribution in [1.29, 1.82) is 0 Å². The maximum Gasteiger partial charge on any atom is 0.239 e. The largest absolute Gasteiger partial charge is 0.497 e. The molecular weight excluding hydrogens is 366 g/mol. The number of carbonyl (C=O) groups is 2. The summed E-state index contributed by atoms with van der Waals surface area (Å²) in [5.41, 5.74) is 0.520. The van der Waals surface area contributed by atoms with Gasteiger partial charge in [0, 0.05) is 24.1 Å². The van der Waals surface area contributed by atoms with Crippen LogP contribution in [0, 0.1) is 4.77 Å². The molecule has 0 aliphatic rings. The highest BCUT2D eigenvalue weighted by Crippen LogP contribution is 2.21. The molecule has 0 fully saturated rings. The number of hydrogen-bond acceptors (Lipinski definition) is 5. The van der Waals surface area contributed by atoms with Gasteiger partial charge in [-0.15, -0.1) is 0 Å². The predicted octanol–water partition coefficient (Wildman–Crippen LogP) is 2.04. The molecule has 0 saturated carbocycles. The second kappa shape index (κ2) is 8.81. The number of amides is 2. The Hall–Kier alpha value is -2.68. The summed E-state index contributed by atoms with van der Waals surface area (Å²) in [5, 5.41) is 12.4. The van der Waals surface area contributed by atoms with Crippen LogP contribution in [-0.2, 0) is 16.1 Å². The number of aromatic amines is 1. The fraction of sp³-hybridized carbons (Fsp3) is 0.444. The molecule has 1 aromatic carbocycles. The first kappa shape index (κ1) is 20.6. The zero-order valence-electron chi connectivity index (χ0n) is 16.0. The standard InChI is InChI=1S/C18H25N5O3S/c1-18(2,3)20-15(25)11-19-14(24)9-10-23-16(21-22-17(23)27)12-5-7-13(26-4)8-6-12/h5-8H,9-11H2,1-4H3,(H,19,24)(H,20,25)(H,22,27). The Labute approximate surface area is 163 Å². The third-order valence-corrected chi connectivity index (χ3v) is 3.94. The van der Waals surface area contributed by atoms with E-state index in [1.165, 1.54) is 0 Å². The lowest BCUT2D eigenvalue weighted by atomic mass is 10.1. The number of hydrogen-bond donors (Lipinski definition) is 3. The SMILES string of the molecule is COc1ccc(-c2n[nH]c(=S)n2CCC(=O)NCC(=O)NC(C)(C)C)cc1. The number of aromatic nitrogens is 3. The van der Waals surface area contributed by atoms with Crippen LogP contribution >= 0.6 is 12.2 Å². The van der Waals surface area contributed by atoms with Crippen LogP contribution in [0.25, 0.3) is 11.4 Å². The number of methoxy groups -OCH3 is 1. The Morgan fingerprint density at radius 3 is 2.48 bits per heavy atom. The van der Waals surface area contributed by atoms with Crippen LogP contribution in [0.2, 0.25) is 0 Å². The van der Waals surface area contributed by atoms with Crippen molar-refractivity contribution in [2.24, 2.45) is 0 Å². The summed E-state index contributed by atoms with van der Waals surface area (Å²) < 4.78 is 7.34. The van der Waals surface area contributed by atoms with Gasteiger partial charge in [0.15, 0.2) is 10.6 Å². The van der Waals surface area contributed by atoms with Gasteiger partial charge in [-0.05, 0) is 57.3 Å². The van der Waals surface area contributed by atoms with Gasteiger partial charge in [-0.25, -0.2) is 0 Å². The lowest BCUT2D eigenvalue weighted by molar-refractivity contribution is -0.127. The lowest BCUT2D eigenvalue weighted by Crippen LogP contribution is -2.45. The van der Waals surface area contributed by atoms with Gasteiger partial charge in [-0.3, -0.25) is 19.3 Å². The van der Waals surface area contributed by atoms with Crippen molar-refractivity contribution in [3.8, 4) is 17.1 Å². The number of H-pyrrole nitrogens is 1. The maximum absolute atomic E-state index is 12.1. The van der Waals surface area contributed by atoms with E-state index in [0.29, 0.717) is 17.1 Å². The fourth-order valence-electron chi connectivity index (χ4n) is 2.43. The van der Waals surface area contributed by atoms with Gasteiger partial charge >= 0.3 is 0 Å². The zero-order chi connectivity index (χ0) is 20.0. The first-order valence-electron chi connectivity index (χ1n) is 8.57. The Kier molecular flexibility index (Phi) is 6.73. The summed E-state index contributed by atoms with van der Waals surface area (Å²) in [6, 6.07) is 7.41. The molecular formula is C18H25N5O3S. The molecule has 0 atom stereocenters. The molecule has 2 aromatic rings. The molecule has 0 saturated heterocycles. The molecule has 146 valence electrons. The molecule has 0 unspecified atom stereocenters. The Morgan fingerprint density at radius 1 is 1.22 bits per heavy atom. The summed E-state index contributed by atoms with van der Waals surface area (Å²) in [6.07, 6.45) is 0.180. The van der Waals surface area contributed by atoms with Crippen molar-refractivity contribution >= 4 is 24.0 Å². The average Bonchev–Trinajstić information content (AvgIpc) is 2.97. The van der Waals surface area contributed by atoms with Crippen molar-refractivity contribution in [3.63, 3.8) is 0 Å². The minimum absolute atomic E-state index is 0.0573. The van der Waals surface area contributed by atoms with Gasteiger partial charge < -0.3 is 15.4 Å². The predicted molar refractivity (Wildman–Crippen MR) is 105 cm³/mol. The summed E-state index contributed by atoms with van der Waals surface area (Å²) in [6.45, 7) is 5.94. The van der Waals surface area contributed by atoms with Gasteiger partial charge in [-0.1, -0.05) is 0 Å². The van der Waals surface area contributed by atoms with E-state index in [1.54, 1.807) is 11.7 Å². The number of benzene rings is 1. The number of ether oxygens (including phenoxy) is 1. The molecule has 3 N–H and O–H groups in total. The molecule has 9 heteroatoms. The Bertz CT molecular complexity index is 849. The molecule has 0 aliphatic heterocycles. The third-order valence-electron chi connectivity index (χ3n) is 3.63. The van der Waals surface area contributed by atoms with Crippen LogP contribution in [0.1, 0.15) is 27.2 Å².